The summed E-state index contributed by atoms with van der Waals surface area (Å²) < 4.78 is 20.0. The number of ether oxygens (including phenoxy) is 3. The lowest BCUT2D eigenvalue weighted by atomic mass is 10.1. The number of rotatable bonds is 2. The Morgan fingerprint density at radius 1 is 1.36 bits per heavy atom. The Morgan fingerprint density at radius 2 is 2.08 bits per heavy atom. The van der Waals surface area contributed by atoms with Gasteiger partial charge in [0.05, 0.1) is 6.33 Å². The number of carbonyl (C=O) groups excluding carboxylic acids is 1. The van der Waals surface area contributed by atoms with Gasteiger partial charge in [0.1, 0.15) is 17.7 Å². The second-order valence-corrected chi connectivity index (χ2v) is 7.56. The van der Waals surface area contributed by atoms with E-state index in [1.165, 1.54) is 0 Å². The van der Waals surface area contributed by atoms with Crippen molar-refractivity contribution in [3.8, 4) is 0 Å². The highest BCUT2D eigenvalue weighted by Gasteiger charge is 2.58. The van der Waals surface area contributed by atoms with E-state index in [2.05, 4.69) is 20.3 Å². The van der Waals surface area contributed by atoms with Gasteiger partial charge in [0, 0.05) is 29.6 Å². The van der Waals surface area contributed by atoms with E-state index < -0.39 is 30.3 Å². The normalized spacial score (nSPS) is 30.6. The van der Waals surface area contributed by atoms with Crippen molar-refractivity contribution in [3.05, 3.63) is 15.3 Å². The first kappa shape index (κ1) is 17.3. The van der Waals surface area contributed by atoms with Gasteiger partial charge in [-0.1, -0.05) is 11.6 Å². The third-order valence-electron chi connectivity index (χ3n) is 4.16. The molecule has 4 atom stereocenters. The third-order valence-corrected chi connectivity index (χ3v) is 4.91. The number of nitrogens with one attached hydrogen (secondary N) is 1. The van der Waals surface area contributed by atoms with Crippen molar-refractivity contribution in [2.24, 2.45) is 0 Å². The summed E-state index contributed by atoms with van der Waals surface area (Å²) in [5.74, 6) is -1.09. The molecular formula is C14H15ClIN5O4. The molecule has 2 fully saturated rings. The van der Waals surface area contributed by atoms with E-state index >= 15 is 0 Å². The van der Waals surface area contributed by atoms with Gasteiger partial charge in [0.2, 0.25) is 0 Å². The second-order valence-electron chi connectivity index (χ2n) is 6.23. The molecule has 0 saturated carbocycles. The summed E-state index contributed by atoms with van der Waals surface area (Å²) in [6.07, 6.45) is -0.879. The van der Waals surface area contributed by atoms with Gasteiger partial charge >= 0.3 is 0 Å². The molecule has 1 unspecified atom stereocenters. The van der Waals surface area contributed by atoms with Crippen molar-refractivity contribution in [3.63, 3.8) is 0 Å². The molecule has 0 spiro atoms. The second kappa shape index (κ2) is 5.98. The highest BCUT2D eigenvalue weighted by Crippen LogP contribution is 2.43. The van der Waals surface area contributed by atoms with Gasteiger partial charge in [-0.3, -0.25) is 9.36 Å². The lowest BCUT2D eigenvalue weighted by Crippen LogP contribution is -2.41. The molecule has 2 aliphatic rings. The fourth-order valence-corrected chi connectivity index (χ4v) is 4.02. The first-order chi connectivity index (χ1) is 11.8. The summed E-state index contributed by atoms with van der Waals surface area (Å²) >= 11 is 8.13. The maximum Gasteiger partial charge on any atom is 0.251 e. The molecule has 1 amide bonds. The Hall–Kier alpha value is -1.08. The summed E-state index contributed by atoms with van der Waals surface area (Å²) in [7, 11) is 1.55. The average Bonchev–Trinajstić information content (AvgIpc) is 3.17. The molecule has 25 heavy (non-hydrogen) atoms. The molecule has 2 aromatic heterocycles. The molecule has 0 aromatic carbocycles. The van der Waals surface area contributed by atoms with Crippen LogP contribution >= 0.6 is 34.2 Å². The zero-order chi connectivity index (χ0) is 17.9. The average molecular weight is 480 g/mol. The van der Waals surface area contributed by atoms with E-state index in [1.54, 1.807) is 31.8 Å². The summed E-state index contributed by atoms with van der Waals surface area (Å²) in [5.41, 5.74) is 0.975. The lowest BCUT2D eigenvalue weighted by Gasteiger charge is -2.24. The van der Waals surface area contributed by atoms with Gasteiger partial charge in [-0.15, -0.1) is 0 Å². The number of hydrogen-bond acceptors (Lipinski definition) is 7. The Labute approximate surface area is 161 Å². The van der Waals surface area contributed by atoms with Crippen LogP contribution in [0.4, 0.5) is 0 Å². The molecule has 2 aliphatic heterocycles. The van der Waals surface area contributed by atoms with Crippen LogP contribution in [0.2, 0.25) is 5.15 Å². The number of nitrogens with zero attached hydrogens (tertiary/aromatic N) is 4. The van der Waals surface area contributed by atoms with Crippen LogP contribution in [0.1, 0.15) is 20.1 Å². The van der Waals surface area contributed by atoms with E-state index in [1.807, 2.05) is 22.6 Å². The number of amides is 1. The predicted octanol–water partition coefficient (Wildman–Crippen LogP) is 1.25. The van der Waals surface area contributed by atoms with Crippen molar-refractivity contribution in [1.82, 2.24) is 24.8 Å². The van der Waals surface area contributed by atoms with Crippen LogP contribution in [0.5, 0.6) is 0 Å². The molecule has 0 radical (unpaired) electrons. The number of aromatic nitrogens is 4. The van der Waals surface area contributed by atoms with Gasteiger partial charge in [-0.2, -0.15) is 0 Å². The highest BCUT2D eigenvalue weighted by molar-refractivity contribution is 14.1. The largest absolute Gasteiger partial charge is 0.357 e. The van der Waals surface area contributed by atoms with Crippen LogP contribution in [0.15, 0.2) is 6.33 Å². The van der Waals surface area contributed by atoms with E-state index in [0.29, 0.717) is 15.0 Å². The molecule has 11 heteroatoms. The molecule has 2 saturated heterocycles. The molecule has 134 valence electrons. The van der Waals surface area contributed by atoms with Crippen molar-refractivity contribution in [1.29, 1.82) is 0 Å². The Morgan fingerprint density at radius 3 is 2.80 bits per heavy atom. The number of carbonyl (C=O) groups is 1. The minimum absolute atomic E-state index is 0.259. The van der Waals surface area contributed by atoms with E-state index in [4.69, 9.17) is 25.8 Å². The topological polar surface area (TPSA) is 100 Å². The predicted molar refractivity (Wildman–Crippen MR) is 94.9 cm³/mol. The van der Waals surface area contributed by atoms with Crippen LogP contribution in [0.3, 0.4) is 0 Å². The molecule has 4 heterocycles. The SMILES string of the molecule is CNC(=O)[C@H]1O[C@@H](n2cnc3c(Cl)nc(I)nc32)[C@H]2OC(C)(C)OC12. The van der Waals surface area contributed by atoms with Crippen LogP contribution in [0, 0.1) is 3.83 Å². The van der Waals surface area contributed by atoms with Gasteiger partial charge in [-0.05, 0) is 13.8 Å². The molecule has 2 aromatic rings. The molecule has 1 N–H and O–H groups in total. The highest BCUT2D eigenvalue weighted by atomic mass is 127. The van der Waals surface area contributed by atoms with Crippen molar-refractivity contribution < 1.29 is 19.0 Å². The molecule has 9 nitrogen and oxygen atoms in total. The standard InChI is InChI=1S/C14H15ClIN5O4/c1-14(2)24-6-7(11(22)17-3)23-12(8(6)25-14)21-4-18-5-9(15)19-13(16)20-10(5)21/h4,6-8,12H,1-3H3,(H,17,22)/t6?,7-,8-,12+/m0/s1. The fourth-order valence-electron chi connectivity index (χ4n) is 3.20. The first-order valence-electron chi connectivity index (χ1n) is 7.59. The number of halogens is 2. The van der Waals surface area contributed by atoms with Gasteiger partial charge in [0.15, 0.2) is 32.8 Å². The summed E-state index contributed by atoms with van der Waals surface area (Å²) in [6, 6.07) is 0. The molecule has 0 bridgehead atoms. The van der Waals surface area contributed by atoms with E-state index in [0.717, 1.165) is 0 Å². The zero-order valence-corrected chi connectivity index (χ0v) is 16.5. The van der Waals surface area contributed by atoms with E-state index in [9.17, 15) is 4.79 Å². The molecular weight excluding hydrogens is 465 g/mol. The van der Waals surface area contributed by atoms with Crippen LogP contribution in [-0.2, 0) is 19.0 Å². The number of likely N-dealkylation sites (N-methyl/N-ethyl adjacent to an activating group) is 1. The lowest BCUT2D eigenvalue weighted by molar-refractivity contribution is -0.197. The smallest absolute Gasteiger partial charge is 0.251 e. The van der Waals surface area contributed by atoms with Crippen LogP contribution < -0.4 is 5.32 Å². The van der Waals surface area contributed by atoms with Crippen molar-refractivity contribution >= 4 is 51.3 Å². The Balaban J connectivity index is 1.79. The number of hydrogen-bond donors (Lipinski definition) is 1. The quantitative estimate of drug-likeness (QED) is 0.393. The minimum Gasteiger partial charge on any atom is -0.357 e. The summed E-state index contributed by atoms with van der Waals surface area (Å²) in [4.78, 5) is 25.0. The van der Waals surface area contributed by atoms with Gasteiger partial charge < -0.3 is 19.5 Å². The third kappa shape index (κ3) is 2.79. The molecule has 4 rings (SSSR count). The monoisotopic (exact) mass is 479 g/mol. The Kier molecular flexibility index (Phi) is 4.15. The molecule has 0 aliphatic carbocycles. The minimum atomic E-state index is -0.818. The van der Waals surface area contributed by atoms with Crippen LogP contribution in [-0.4, -0.2) is 56.6 Å². The van der Waals surface area contributed by atoms with E-state index in [-0.39, 0.29) is 11.1 Å². The maximum absolute atomic E-state index is 12.2. The number of imidazole rings is 1. The summed E-state index contributed by atoms with van der Waals surface area (Å²) in [6.45, 7) is 3.61. The number of fused-ring (bicyclic) bond motifs is 2. The fraction of sp³-hybridized carbons (Fsp3) is 0.571. The van der Waals surface area contributed by atoms with Crippen molar-refractivity contribution in [2.75, 3.05) is 7.05 Å². The summed E-state index contributed by atoms with van der Waals surface area (Å²) in [5, 5.41) is 2.85. The first-order valence-corrected chi connectivity index (χ1v) is 9.04. The van der Waals surface area contributed by atoms with Crippen LogP contribution in [0.25, 0.3) is 11.2 Å². The Bertz CT molecular complexity index is 859. The van der Waals surface area contributed by atoms with Crippen molar-refractivity contribution in [2.45, 2.75) is 44.2 Å². The maximum atomic E-state index is 12.2. The van der Waals surface area contributed by atoms with Gasteiger partial charge in [0.25, 0.3) is 5.91 Å². The zero-order valence-electron chi connectivity index (χ0n) is 13.6. The van der Waals surface area contributed by atoms with Gasteiger partial charge in [-0.25, -0.2) is 15.0 Å².